The summed E-state index contributed by atoms with van der Waals surface area (Å²) < 4.78 is 9.84. The number of methoxy groups -OCH3 is 1. The summed E-state index contributed by atoms with van der Waals surface area (Å²) in [6.45, 7) is 0.00419. The highest BCUT2D eigenvalue weighted by Gasteiger charge is 2.18. The zero-order valence-electron chi connectivity index (χ0n) is 7.71. The molecular weight excluding hydrogens is 186 g/mol. The van der Waals surface area contributed by atoms with Crippen LogP contribution in [0.15, 0.2) is 24.5 Å². The van der Waals surface area contributed by atoms with E-state index in [-0.39, 0.29) is 6.61 Å². The molecule has 1 unspecified atom stereocenters. The van der Waals surface area contributed by atoms with E-state index in [2.05, 4.69) is 4.98 Å². The number of pyridine rings is 1. The van der Waals surface area contributed by atoms with Gasteiger partial charge in [0, 0.05) is 13.3 Å². The summed E-state index contributed by atoms with van der Waals surface area (Å²) in [4.78, 5) is 14.5. The van der Waals surface area contributed by atoms with E-state index >= 15 is 0 Å². The molecule has 5 heteroatoms. The summed E-state index contributed by atoms with van der Waals surface area (Å²) in [5, 5.41) is 8.74. The van der Waals surface area contributed by atoms with E-state index in [1.165, 1.54) is 13.3 Å². The molecule has 1 heterocycles. The molecule has 76 valence electrons. The molecule has 0 aliphatic rings. The summed E-state index contributed by atoms with van der Waals surface area (Å²) in [5.74, 6) is -0.646. The number of hydrogen-bond donors (Lipinski definition) is 1. The highest BCUT2D eigenvalue weighted by molar-refractivity contribution is 5.72. The van der Waals surface area contributed by atoms with Crippen LogP contribution in [0, 0.1) is 0 Å². The minimum Gasteiger partial charge on any atom is -0.478 e. The SMILES string of the molecule is COCC(Oc1cccnc1)C(=O)O. The van der Waals surface area contributed by atoms with Gasteiger partial charge in [0.15, 0.2) is 0 Å². The Kier molecular flexibility index (Phi) is 3.87. The molecule has 0 aliphatic heterocycles. The Bertz CT molecular complexity index is 288. The highest BCUT2D eigenvalue weighted by Crippen LogP contribution is 2.09. The fourth-order valence-corrected chi connectivity index (χ4v) is 0.888. The lowest BCUT2D eigenvalue weighted by Crippen LogP contribution is -2.31. The Labute approximate surface area is 81.3 Å². The minimum absolute atomic E-state index is 0.00419. The summed E-state index contributed by atoms with van der Waals surface area (Å²) in [7, 11) is 1.42. The van der Waals surface area contributed by atoms with Crippen molar-refractivity contribution >= 4 is 5.97 Å². The minimum atomic E-state index is -1.06. The second-order valence-electron chi connectivity index (χ2n) is 2.59. The monoisotopic (exact) mass is 197 g/mol. The van der Waals surface area contributed by atoms with Crippen LogP contribution >= 0.6 is 0 Å². The number of rotatable bonds is 5. The first-order valence-corrected chi connectivity index (χ1v) is 4.02. The van der Waals surface area contributed by atoms with E-state index in [4.69, 9.17) is 14.6 Å². The van der Waals surface area contributed by atoms with Crippen LogP contribution in [0.2, 0.25) is 0 Å². The average Bonchev–Trinajstić information content (AvgIpc) is 2.18. The van der Waals surface area contributed by atoms with Gasteiger partial charge in [0.25, 0.3) is 0 Å². The van der Waals surface area contributed by atoms with Gasteiger partial charge in [0.2, 0.25) is 6.10 Å². The van der Waals surface area contributed by atoms with Crippen LogP contribution in [0.1, 0.15) is 0 Å². The van der Waals surface area contributed by atoms with Crippen LogP contribution in [0.4, 0.5) is 0 Å². The van der Waals surface area contributed by atoms with Gasteiger partial charge in [0.1, 0.15) is 5.75 Å². The number of nitrogens with zero attached hydrogens (tertiary/aromatic N) is 1. The summed E-state index contributed by atoms with van der Waals surface area (Å²) >= 11 is 0. The summed E-state index contributed by atoms with van der Waals surface area (Å²) in [6, 6.07) is 3.31. The molecule has 0 aromatic carbocycles. The molecule has 0 spiro atoms. The first-order chi connectivity index (χ1) is 6.74. The Morgan fingerprint density at radius 1 is 1.71 bits per heavy atom. The van der Waals surface area contributed by atoms with Crippen molar-refractivity contribution in [2.24, 2.45) is 0 Å². The number of aliphatic carboxylic acids is 1. The third-order valence-electron chi connectivity index (χ3n) is 1.51. The molecule has 0 aliphatic carbocycles. The lowest BCUT2D eigenvalue weighted by Gasteiger charge is -2.13. The second-order valence-corrected chi connectivity index (χ2v) is 2.59. The predicted molar refractivity (Wildman–Crippen MR) is 48.2 cm³/mol. The van der Waals surface area contributed by atoms with E-state index in [9.17, 15) is 4.79 Å². The molecule has 0 saturated carbocycles. The van der Waals surface area contributed by atoms with Crippen molar-refractivity contribution in [1.82, 2.24) is 4.98 Å². The number of carbonyl (C=O) groups is 1. The van der Waals surface area contributed by atoms with Crippen molar-refractivity contribution in [3.63, 3.8) is 0 Å². The standard InChI is InChI=1S/C9H11NO4/c1-13-6-8(9(11)12)14-7-3-2-4-10-5-7/h2-5,8H,6H2,1H3,(H,11,12). The van der Waals surface area contributed by atoms with Crippen LogP contribution in [0.5, 0.6) is 5.75 Å². The normalized spacial score (nSPS) is 12.1. The van der Waals surface area contributed by atoms with E-state index < -0.39 is 12.1 Å². The van der Waals surface area contributed by atoms with Crippen LogP contribution in [0.25, 0.3) is 0 Å². The predicted octanol–water partition coefficient (Wildman–Crippen LogP) is 0.560. The summed E-state index contributed by atoms with van der Waals surface area (Å²) in [5.41, 5.74) is 0. The van der Waals surface area contributed by atoms with Gasteiger partial charge in [-0.3, -0.25) is 4.98 Å². The molecule has 0 saturated heterocycles. The molecule has 1 aromatic rings. The number of aromatic nitrogens is 1. The maximum absolute atomic E-state index is 10.7. The van der Waals surface area contributed by atoms with Crippen molar-refractivity contribution < 1.29 is 19.4 Å². The van der Waals surface area contributed by atoms with Gasteiger partial charge in [-0.25, -0.2) is 4.79 Å². The Morgan fingerprint density at radius 3 is 3.00 bits per heavy atom. The van der Waals surface area contributed by atoms with E-state index in [0.29, 0.717) is 5.75 Å². The largest absolute Gasteiger partial charge is 0.478 e. The van der Waals surface area contributed by atoms with E-state index in [0.717, 1.165) is 0 Å². The number of ether oxygens (including phenoxy) is 2. The topological polar surface area (TPSA) is 68.7 Å². The van der Waals surface area contributed by atoms with Crippen molar-refractivity contribution in [1.29, 1.82) is 0 Å². The molecule has 0 fully saturated rings. The van der Waals surface area contributed by atoms with Gasteiger partial charge in [-0.1, -0.05) is 0 Å². The van der Waals surface area contributed by atoms with E-state index in [1.807, 2.05) is 0 Å². The van der Waals surface area contributed by atoms with Gasteiger partial charge < -0.3 is 14.6 Å². The maximum atomic E-state index is 10.7. The van der Waals surface area contributed by atoms with Crippen LogP contribution < -0.4 is 4.74 Å². The first kappa shape index (κ1) is 10.5. The Hall–Kier alpha value is -1.62. The lowest BCUT2D eigenvalue weighted by molar-refractivity contribution is -0.147. The quantitative estimate of drug-likeness (QED) is 0.746. The third-order valence-corrected chi connectivity index (χ3v) is 1.51. The summed E-state index contributed by atoms with van der Waals surface area (Å²) in [6.07, 6.45) is 2.04. The lowest BCUT2D eigenvalue weighted by atomic mass is 10.4. The van der Waals surface area contributed by atoms with Crippen molar-refractivity contribution in [3.05, 3.63) is 24.5 Å². The van der Waals surface area contributed by atoms with E-state index in [1.54, 1.807) is 18.3 Å². The molecule has 14 heavy (non-hydrogen) atoms. The third kappa shape index (κ3) is 3.02. The molecule has 0 amide bonds. The molecule has 0 bridgehead atoms. The fraction of sp³-hybridized carbons (Fsp3) is 0.333. The highest BCUT2D eigenvalue weighted by atomic mass is 16.5. The first-order valence-electron chi connectivity index (χ1n) is 4.02. The van der Waals surface area contributed by atoms with Gasteiger partial charge in [0.05, 0.1) is 12.8 Å². The molecule has 0 radical (unpaired) electrons. The number of hydrogen-bond acceptors (Lipinski definition) is 4. The van der Waals surface area contributed by atoms with Gasteiger partial charge >= 0.3 is 5.97 Å². The van der Waals surface area contributed by atoms with Crippen LogP contribution in [-0.4, -0.2) is 35.9 Å². The molecule has 1 atom stereocenters. The fourth-order valence-electron chi connectivity index (χ4n) is 0.888. The molecule has 5 nitrogen and oxygen atoms in total. The molecule has 1 N–H and O–H groups in total. The van der Waals surface area contributed by atoms with Crippen LogP contribution in [0.3, 0.4) is 0 Å². The van der Waals surface area contributed by atoms with Gasteiger partial charge in [-0.15, -0.1) is 0 Å². The molecule has 1 aromatic heterocycles. The van der Waals surface area contributed by atoms with Crippen LogP contribution in [-0.2, 0) is 9.53 Å². The zero-order valence-corrected chi connectivity index (χ0v) is 7.71. The van der Waals surface area contributed by atoms with Gasteiger partial charge in [-0.05, 0) is 12.1 Å². The number of carboxylic acid groups (broad SMARTS) is 1. The van der Waals surface area contributed by atoms with Crippen molar-refractivity contribution in [2.45, 2.75) is 6.10 Å². The van der Waals surface area contributed by atoms with Crippen molar-refractivity contribution in [3.8, 4) is 5.75 Å². The molecule has 1 rings (SSSR count). The maximum Gasteiger partial charge on any atom is 0.347 e. The Balaban J connectivity index is 2.60. The van der Waals surface area contributed by atoms with Crippen molar-refractivity contribution in [2.75, 3.05) is 13.7 Å². The smallest absolute Gasteiger partial charge is 0.347 e. The average molecular weight is 197 g/mol. The molecular formula is C9H11NO4. The van der Waals surface area contributed by atoms with Gasteiger partial charge in [-0.2, -0.15) is 0 Å². The Morgan fingerprint density at radius 2 is 2.50 bits per heavy atom. The number of carboxylic acids is 1. The zero-order chi connectivity index (χ0) is 10.4. The second kappa shape index (κ2) is 5.18.